The molecule has 2 aromatic rings. The van der Waals surface area contributed by atoms with Gasteiger partial charge in [-0.25, -0.2) is 0 Å². The van der Waals surface area contributed by atoms with Gasteiger partial charge in [0.1, 0.15) is 0 Å². The third-order valence-corrected chi connectivity index (χ3v) is 13.4. The van der Waals surface area contributed by atoms with Gasteiger partial charge in [0.05, 0.1) is 0 Å². The van der Waals surface area contributed by atoms with Gasteiger partial charge in [0.2, 0.25) is 0 Å². The van der Waals surface area contributed by atoms with Crippen LogP contribution in [0, 0.1) is 5.82 Å². The Balaban J connectivity index is 1.68. The van der Waals surface area contributed by atoms with Crippen LogP contribution >= 0.6 is 0 Å². The summed E-state index contributed by atoms with van der Waals surface area (Å²) < 4.78 is 43.2. The summed E-state index contributed by atoms with van der Waals surface area (Å²) in [6, 6.07) is 7.14. The number of benzene rings is 2. The molecule has 0 aromatic heterocycles. The van der Waals surface area contributed by atoms with Crippen LogP contribution in [-0.4, -0.2) is 46.7 Å². The van der Waals surface area contributed by atoms with Crippen molar-refractivity contribution in [2.75, 3.05) is 16.2 Å². The van der Waals surface area contributed by atoms with E-state index in [-0.39, 0.29) is 27.8 Å². The van der Waals surface area contributed by atoms with E-state index < -0.39 is 36.5 Å². The van der Waals surface area contributed by atoms with E-state index in [4.69, 9.17) is 0 Å². The first-order chi connectivity index (χ1) is 16.2. The molecule has 4 rings (SSSR count). The summed E-state index contributed by atoms with van der Waals surface area (Å²) in [5.74, 6) is -1.69. The third kappa shape index (κ3) is 4.89. The van der Waals surface area contributed by atoms with Gasteiger partial charge in [-0.05, 0) is 12.8 Å². The Morgan fingerprint density at radius 1 is 1.26 bits per heavy atom. The summed E-state index contributed by atoms with van der Waals surface area (Å²) in [5.41, 5.74) is 1.84. The Bertz CT molecular complexity index is 1230. The van der Waals surface area contributed by atoms with Crippen LogP contribution in [0.25, 0.3) is 6.08 Å². The van der Waals surface area contributed by atoms with E-state index >= 15 is 0 Å². The first kappa shape index (κ1) is 24.8. The van der Waals surface area contributed by atoms with E-state index in [9.17, 15) is 22.7 Å². The number of fused-ring (bicyclic) bond motifs is 3. The molecule has 6 nitrogen and oxygen atoms in total. The van der Waals surface area contributed by atoms with Crippen molar-refractivity contribution >= 4 is 48.1 Å². The zero-order valence-electron chi connectivity index (χ0n) is 19.4. The van der Waals surface area contributed by atoms with Gasteiger partial charge < -0.3 is 0 Å². The Morgan fingerprint density at radius 2 is 2.03 bits per heavy atom. The Labute approximate surface area is 205 Å². The number of hydrogen-bond acceptors (Lipinski definition) is 4. The second-order valence-electron chi connectivity index (χ2n) is 8.66. The molecule has 2 heterocycles. The summed E-state index contributed by atoms with van der Waals surface area (Å²) in [4.78, 5) is 14.3. The van der Waals surface area contributed by atoms with Gasteiger partial charge in [0.15, 0.2) is 0 Å². The number of nitrogens with zero attached hydrogens (tertiary/aromatic N) is 1. The molecule has 2 aliphatic rings. The number of carbonyl (C=O) groups is 1. The number of anilines is 2. The molecule has 0 aliphatic carbocycles. The van der Waals surface area contributed by atoms with Gasteiger partial charge in [0, 0.05) is 6.54 Å². The number of hydrogen-bond donors (Lipinski definition) is 2. The topological polar surface area (TPSA) is 86.7 Å². The van der Waals surface area contributed by atoms with Crippen molar-refractivity contribution in [1.82, 2.24) is 0 Å². The molecule has 0 spiro atoms. The van der Waals surface area contributed by atoms with Crippen molar-refractivity contribution in [3.63, 3.8) is 0 Å². The van der Waals surface area contributed by atoms with Gasteiger partial charge in [-0.1, -0.05) is 0 Å². The summed E-state index contributed by atoms with van der Waals surface area (Å²) >= 11 is -0.979. The van der Waals surface area contributed by atoms with E-state index in [0.717, 1.165) is 46.8 Å². The average molecular weight is 549 g/mol. The van der Waals surface area contributed by atoms with E-state index in [2.05, 4.69) is 23.5 Å². The number of sulfonamides is 1. The minimum Gasteiger partial charge on any atom is -0.0336 e. The molecule has 0 amide bonds. The van der Waals surface area contributed by atoms with Gasteiger partial charge in [-0.2, -0.15) is 0 Å². The van der Waals surface area contributed by atoms with Gasteiger partial charge in [0.25, 0.3) is 0 Å². The van der Waals surface area contributed by atoms with Crippen molar-refractivity contribution in [2.45, 2.75) is 59.7 Å². The monoisotopic (exact) mass is 548 g/mol. The SMILES string of the molecule is CC[As](CC)C/C=C\c1cc(F)ccc1S(=O)(=O)Nc1ccc2c(c1C(=O)O)C[C@@H]1CCCN21. The van der Waals surface area contributed by atoms with E-state index in [1.165, 1.54) is 18.2 Å². The summed E-state index contributed by atoms with van der Waals surface area (Å²) in [7, 11) is -4.15. The van der Waals surface area contributed by atoms with Crippen molar-refractivity contribution < 1.29 is 22.7 Å². The molecular formula is C25H30AsFN2O4S. The maximum absolute atomic E-state index is 14.0. The van der Waals surface area contributed by atoms with Crippen molar-refractivity contribution in [1.29, 1.82) is 0 Å². The van der Waals surface area contributed by atoms with Crippen LogP contribution < -0.4 is 9.62 Å². The molecular weight excluding hydrogens is 518 g/mol. The fourth-order valence-electron chi connectivity index (χ4n) is 4.95. The minimum absolute atomic E-state index is 0.00490. The number of aromatic carboxylic acids is 1. The number of rotatable bonds is 9. The van der Waals surface area contributed by atoms with Crippen LogP contribution in [0.1, 0.15) is 48.2 Å². The Hall–Kier alpha value is -2.31. The molecule has 1 saturated heterocycles. The van der Waals surface area contributed by atoms with Crippen molar-refractivity contribution in [3.8, 4) is 0 Å². The molecule has 0 unspecified atom stereocenters. The first-order valence-electron chi connectivity index (χ1n) is 11.6. The Morgan fingerprint density at radius 3 is 2.74 bits per heavy atom. The van der Waals surface area contributed by atoms with E-state index in [1.54, 1.807) is 12.1 Å². The minimum atomic E-state index is -4.15. The quantitative estimate of drug-likeness (QED) is 0.410. The molecule has 2 aliphatic heterocycles. The standard InChI is InChI=1S/C25H30AsFN2O4S/c1-3-26(4-2)13-5-7-17-15-18(27)9-12-23(17)34(32,33)28-21-10-11-22-20(24(21)25(30)31)16-19-8-6-14-29(19)22/h5,7,9-12,15,19,28H,3-4,6,8,13-14,16H2,1-2H3,(H,30,31)/b7-5-/t19-/m0/s1. The zero-order chi connectivity index (χ0) is 24.5. The van der Waals surface area contributed by atoms with Gasteiger partial charge in [-0.15, -0.1) is 0 Å². The number of carboxylic acids is 1. The second kappa shape index (κ2) is 10.1. The van der Waals surface area contributed by atoms with Crippen LogP contribution in [0.2, 0.25) is 15.6 Å². The van der Waals surface area contributed by atoms with Crippen molar-refractivity contribution in [2.24, 2.45) is 0 Å². The molecule has 34 heavy (non-hydrogen) atoms. The molecule has 1 atom stereocenters. The van der Waals surface area contributed by atoms with Crippen LogP contribution in [0.15, 0.2) is 41.3 Å². The summed E-state index contributed by atoms with van der Waals surface area (Å²) in [5, 5.41) is 13.2. The molecule has 0 saturated carbocycles. The number of halogens is 1. The number of carboxylic acid groups (broad SMARTS) is 1. The van der Waals surface area contributed by atoms with Crippen LogP contribution in [0.4, 0.5) is 15.8 Å². The predicted molar refractivity (Wildman–Crippen MR) is 135 cm³/mol. The second-order valence-corrected chi connectivity index (χ2v) is 16.5. The summed E-state index contributed by atoms with van der Waals surface area (Å²) in [6.45, 7) is 5.22. The van der Waals surface area contributed by atoms with Gasteiger partial charge in [-0.3, -0.25) is 0 Å². The first-order valence-corrected chi connectivity index (χ1v) is 17.1. The maximum atomic E-state index is 14.0. The average Bonchev–Trinajstić information content (AvgIpc) is 3.37. The smallest absolute Gasteiger partial charge is 0.0336 e. The number of nitrogens with one attached hydrogen (secondary N) is 1. The third-order valence-electron chi connectivity index (χ3n) is 6.69. The van der Waals surface area contributed by atoms with E-state index in [0.29, 0.717) is 12.0 Å². The molecule has 2 N–H and O–H groups in total. The fraction of sp³-hybridized carbons (Fsp3) is 0.400. The predicted octanol–water partition coefficient (Wildman–Crippen LogP) is 5.40. The molecule has 0 bridgehead atoms. The van der Waals surface area contributed by atoms with Crippen LogP contribution in [-0.2, 0) is 16.4 Å². The Kier molecular flexibility index (Phi) is 7.39. The zero-order valence-corrected chi connectivity index (χ0v) is 22.1. The molecule has 2 aromatic carbocycles. The van der Waals surface area contributed by atoms with Gasteiger partial charge >= 0.3 is 186 Å². The van der Waals surface area contributed by atoms with Crippen LogP contribution in [0.5, 0.6) is 0 Å². The molecule has 0 radical (unpaired) electrons. The summed E-state index contributed by atoms with van der Waals surface area (Å²) in [6.07, 6.45) is 6.27. The van der Waals surface area contributed by atoms with E-state index in [1.807, 2.05) is 6.08 Å². The molecule has 9 heteroatoms. The fourth-order valence-corrected chi connectivity index (χ4v) is 9.07. The van der Waals surface area contributed by atoms with Crippen molar-refractivity contribution in [3.05, 3.63) is 58.9 Å². The normalized spacial score (nSPS) is 17.4. The molecule has 1 fully saturated rings. The van der Waals surface area contributed by atoms with Crippen LogP contribution in [0.3, 0.4) is 0 Å². The number of allylic oxidation sites excluding steroid dienone is 1. The molecule has 182 valence electrons.